The lowest BCUT2D eigenvalue weighted by molar-refractivity contribution is -0.143. The molecule has 468 valence electrons. The molecular weight excluding hydrogens is 1250 g/mol. The van der Waals surface area contributed by atoms with Gasteiger partial charge in [0.1, 0.15) is 6.07 Å². The van der Waals surface area contributed by atoms with Crippen LogP contribution < -0.4 is 0 Å². The predicted molar refractivity (Wildman–Crippen MR) is 318 cm³/mol. The number of hydrogen-bond donors (Lipinski definition) is 0. The van der Waals surface area contributed by atoms with Crippen LogP contribution in [0.5, 0.6) is 0 Å². The summed E-state index contributed by atoms with van der Waals surface area (Å²) in [4.78, 5) is 3.49. The SMILES string of the molecule is [C-]#[N+]c1cccc(C(F)(F)F)c1-c1cc(-n2c3cc(-c4ccc(C)cc4C(F)(F)F)ccc3c3ccc(-c4ccc(C(F)(F)F)cc4C(F)(F)F)cc32)c(C#N)cc1-n1c2cc(-c3ccc(C(F)(F)F)cc3C)ccc2c2ccc(-c3ccc(C)cc3C(F)(F)F)cc21. The molecule has 0 radical (unpaired) electrons. The molecule has 0 atom stereocenters. The Hall–Kier alpha value is -10.5. The molecule has 0 amide bonds. The number of rotatable bonds is 7. The Labute approximate surface area is 514 Å². The average molecular weight is 1290 g/mol. The van der Waals surface area contributed by atoms with Crippen LogP contribution in [-0.2, 0) is 37.1 Å². The smallest absolute Gasteiger partial charge is 0.309 e. The summed E-state index contributed by atoms with van der Waals surface area (Å²) in [6, 6.07) is 33.4. The predicted octanol–water partition coefficient (Wildman–Crippen LogP) is 23.7. The average Bonchev–Trinajstić information content (AvgIpc) is 1.60. The van der Waals surface area contributed by atoms with E-state index in [1.807, 2.05) is 6.07 Å². The van der Waals surface area contributed by atoms with Gasteiger partial charge in [-0.25, -0.2) is 4.85 Å². The number of benzene rings is 10. The summed E-state index contributed by atoms with van der Waals surface area (Å²) in [5, 5.41) is 12.3. The monoisotopic (exact) mass is 1290 g/mol. The fourth-order valence-corrected chi connectivity index (χ4v) is 12.3. The highest BCUT2D eigenvalue weighted by Crippen LogP contribution is 2.51. The molecule has 12 rings (SSSR count). The van der Waals surface area contributed by atoms with Crippen LogP contribution >= 0.6 is 0 Å². The maximum absolute atomic E-state index is 16.0. The van der Waals surface area contributed by atoms with Crippen LogP contribution in [-0.4, -0.2) is 9.13 Å². The van der Waals surface area contributed by atoms with Gasteiger partial charge in [0, 0.05) is 27.1 Å². The number of nitriles is 1. The highest BCUT2D eigenvalue weighted by atomic mass is 19.4. The van der Waals surface area contributed by atoms with Crippen molar-refractivity contribution in [3.8, 4) is 73.1 Å². The minimum absolute atomic E-state index is 0.0346. The molecule has 2 heterocycles. The van der Waals surface area contributed by atoms with Crippen LogP contribution in [0.4, 0.5) is 84.7 Å². The Morgan fingerprint density at radius 1 is 0.355 bits per heavy atom. The lowest BCUT2D eigenvalue weighted by atomic mass is 9.93. The van der Waals surface area contributed by atoms with E-state index in [1.165, 1.54) is 121 Å². The van der Waals surface area contributed by atoms with Gasteiger partial charge in [-0.05, 0) is 149 Å². The molecule has 0 aliphatic rings. The van der Waals surface area contributed by atoms with Gasteiger partial charge in [0.15, 0.2) is 5.69 Å². The van der Waals surface area contributed by atoms with Gasteiger partial charge in [-0.3, -0.25) is 0 Å². The van der Waals surface area contributed by atoms with E-state index < -0.39 is 115 Å². The fourth-order valence-electron chi connectivity index (χ4n) is 12.3. The molecule has 0 spiro atoms. The molecule has 0 aliphatic heterocycles. The molecule has 22 heteroatoms. The minimum Gasteiger partial charge on any atom is -0.309 e. The minimum atomic E-state index is -5.44. The zero-order chi connectivity index (χ0) is 67.0. The second-order valence-corrected chi connectivity index (χ2v) is 22.3. The highest BCUT2D eigenvalue weighted by molar-refractivity contribution is 6.14. The van der Waals surface area contributed by atoms with E-state index in [4.69, 9.17) is 6.57 Å². The third-order valence-electron chi connectivity index (χ3n) is 16.4. The van der Waals surface area contributed by atoms with Gasteiger partial charge >= 0.3 is 37.1 Å². The van der Waals surface area contributed by atoms with E-state index in [-0.39, 0.29) is 99.9 Å². The second kappa shape index (κ2) is 21.9. The Balaban J connectivity index is 1.26. The van der Waals surface area contributed by atoms with Crippen LogP contribution in [0, 0.1) is 38.7 Å². The Morgan fingerprint density at radius 2 is 0.731 bits per heavy atom. The van der Waals surface area contributed by atoms with Crippen molar-refractivity contribution in [1.29, 1.82) is 5.26 Å². The molecule has 4 nitrogen and oxygen atoms in total. The molecule has 0 bridgehead atoms. The maximum Gasteiger partial charge on any atom is 0.417 e. The van der Waals surface area contributed by atoms with E-state index in [0.29, 0.717) is 18.2 Å². The van der Waals surface area contributed by atoms with Crippen molar-refractivity contribution in [3.05, 3.63) is 243 Å². The zero-order valence-electron chi connectivity index (χ0n) is 47.8. The summed E-state index contributed by atoms with van der Waals surface area (Å²) in [5.41, 5.74) is -13.0. The normalized spacial score (nSPS) is 12.8. The van der Waals surface area contributed by atoms with Crippen LogP contribution in [0.3, 0.4) is 0 Å². The van der Waals surface area contributed by atoms with Crippen molar-refractivity contribution in [2.24, 2.45) is 0 Å². The largest absolute Gasteiger partial charge is 0.417 e. The first-order valence-electron chi connectivity index (χ1n) is 27.7. The topological polar surface area (TPSA) is 38.0 Å². The van der Waals surface area contributed by atoms with E-state index in [2.05, 4.69) is 4.85 Å². The van der Waals surface area contributed by atoms with Crippen LogP contribution in [0.1, 0.15) is 55.6 Å². The van der Waals surface area contributed by atoms with Crippen molar-refractivity contribution >= 4 is 49.3 Å². The summed E-state index contributed by atoms with van der Waals surface area (Å²) < 4.78 is 270. The van der Waals surface area contributed by atoms with Crippen molar-refractivity contribution in [3.63, 3.8) is 0 Å². The molecule has 0 aliphatic carbocycles. The first kappa shape index (κ1) is 62.7. The van der Waals surface area contributed by atoms with E-state index in [1.54, 1.807) is 0 Å². The van der Waals surface area contributed by atoms with E-state index in [0.717, 1.165) is 60.7 Å². The second-order valence-electron chi connectivity index (χ2n) is 22.3. The maximum atomic E-state index is 16.0. The molecule has 0 unspecified atom stereocenters. The van der Waals surface area contributed by atoms with Gasteiger partial charge in [0.05, 0.1) is 79.0 Å². The molecule has 0 N–H and O–H groups in total. The Bertz CT molecular complexity index is 5190. The molecule has 10 aromatic carbocycles. The summed E-state index contributed by atoms with van der Waals surface area (Å²) in [7, 11) is 0. The molecular formula is C71H38F18N4. The number of nitrogens with zero attached hydrogens (tertiary/aromatic N) is 4. The standard InChI is InChI=1S/C71H38F18N4/c1-35-8-16-46(55(24-35)69(81,82)83)39-11-19-49-50-20-13-41(48-23-15-44(67(75,76)77)32-57(48)71(87,88)89)29-61(50)92(60(49)28-39)59-33-53(65-54(68(78,79)80)6-5-7-58(65)91-4)64(31-42(59)34-90)93-62-27-38(45-22-14-43(26-37(45)3)66(72,73)74)10-18-51(62)52-21-12-40(30-63(52)93)47-17-9-36(2)25-56(47)70(84,85)86/h5-33H,1-3H3. The number of fused-ring (bicyclic) bond motifs is 6. The fraction of sp³-hybridized carbons (Fsp3) is 0.127. The quantitative estimate of drug-likeness (QED) is 0.116. The summed E-state index contributed by atoms with van der Waals surface area (Å²) in [6.07, 6.45) is -30.7. The summed E-state index contributed by atoms with van der Waals surface area (Å²) in [5.74, 6) is 0. The van der Waals surface area contributed by atoms with Gasteiger partial charge in [-0.2, -0.15) is 84.3 Å². The first-order valence-corrected chi connectivity index (χ1v) is 27.7. The summed E-state index contributed by atoms with van der Waals surface area (Å²) in [6.45, 7) is 12.6. The van der Waals surface area contributed by atoms with Gasteiger partial charge in [-0.15, -0.1) is 0 Å². The molecule has 2 aromatic heterocycles. The molecule has 0 saturated carbocycles. The number of alkyl halides is 18. The molecule has 93 heavy (non-hydrogen) atoms. The van der Waals surface area contributed by atoms with Crippen LogP contribution in [0.25, 0.3) is 115 Å². The van der Waals surface area contributed by atoms with Crippen LogP contribution in [0.15, 0.2) is 176 Å². The lowest BCUT2D eigenvalue weighted by Gasteiger charge is -2.22. The third-order valence-corrected chi connectivity index (χ3v) is 16.4. The number of aryl methyl sites for hydroxylation is 3. The molecule has 0 saturated heterocycles. The first-order chi connectivity index (χ1) is 43.5. The Kier molecular flexibility index (Phi) is 14.7. The highest BCUT2D eigenvalue weighted by Gasteiger charge is 2.41. The number of halogens is 18. The molecule has 0 fully saturated rings. The molecule has 12 aromatic rings. The van der Waals surface area contributed by atoms with Crippen molar-refractivity contribution in [2.75, 3.05) is 0 Å². The van der Waals surface area contributed by atoms with Gasteiger partial charge < -0.3 is 9.13 Å². The van der Waals surface area contributed by atoms with E-state index >= 15 is 26.3 Å². The van der Waals surface area contributed by atoms with Crippen molar-refractivity contribution in [2.45, 2.75) is 57.8 Å². The van der Waals surface area contributed by atoms with Gasteiger partial charge in [-0.1, -0.05) is 114 Å². The number of hydrogen-bond acceptors (Lipinski definition) is 1. The van der Waals surface area contributed by atoms with Crippen LogP contribution in [0.2, 0.25) is 0 Å². The number of aromatic nitrogens is 2. The Morgan fingerprint density at radius 3 is 1.12 bits per heavy atom. The summed E-state index contributed by atoms with van der Waals surface area (Å²) >= 11 is 0. The van der Waals surface area contributed by atoms with Gasteiger partial charge in [0.2, 0.25) is 0 Å². The van der Waals surface area contributed by atoms with Gasteiger partial charge in [0.25, 0.3) is 0 Å². The zero-order valence-corrected chi connectivity index (χ0v) is 47.8. The third kappa shape index (κ3) is 11.1. The lowest BCUT2D eigenvalue weighted by Crippen LogP contribution is -2.12. The van der Waals surface area contributed by atoms with Crippen molar-refractivity contribution < 1.29 is 79.0 Å². The van der Waals surface area contributed by atoms with Crippen molar-refractivity contribution in [1.82, 2.24) is 9.13 Å². The van der Waals surface area contributed by atoms with E-state index in [9.17, 15) is 57.9 Å².